The van der Waals surface area contributed by atoms with Gasteiger partial charge in [0.05, 0.1) is 0 Å². The van der Waals surface area contributed by atoms with Crippen LogP contribution >= 0.6 is 0 Å². The number of rotatable bonds is 2. The Labute approximate surface area is 97.6 Å². The summed E-state index contributed by atoms with van der Waals surface area (Å²) in [7, 11) is 0. The van der Waals surface area contributed by atoms with Crippen LogP contribution in [0.3, 0.4) is 0 Å². The molecule has 2 heteroatoms. The summed E-state index contributed by atoms with van der Waals surface area (Å²) in [5, 5.41) is 3.47. The van der Waals surface area contributed by atoms with Crippen molar-refractivity contribution in [3.63, 3.8) is 0 Å². The van der Waals surface area contributed by atoms with Gasteiger partial charge in [-0.2, -0.15) is 0 Å². The van der Waals surface area contributed by atoms with E-state index in [2.05, 4.69) is 34.5 Å². The maximum Gasteiger partial charge on any atom is 0.0402 e. The molecule has 0 aliphatic carbocycles. The highest BCUT2D eigenvalue weighted by Crippen LogP contribution is 2.32. The Hall–Kier alpha value is -1.02. The van der Waals surface area contributed by atoms with E-state index in [4.69, 9.17) is 0 Å². The van der Waals surface area contributed by atoms with Crippen LogP contribution in [0.4, 0.5) is 5.69 Å². The van der Waals surface area contributed by atoms with E-state index < -0.39 is 0 Å². The van der Waals surface area contributed by atoms with Crippen molar-refractivity contribution in [2.24, 2.45) is 0 Å². The number of anilines is 1. The van der Waals surface area contributed by atoms with Gasteiger partial charge in [-0.05, 0) is 43.4 Å². The molecule has 1 N–H and O–H groups in total. The van der Waals surface area contributed by atoms with Gasteiger partial charge >= 0.3 is 0 Å². The van der Waals surface area contributed by atoms with E-state index in [1.807, 2.05) is 0 Å². The first kappa shape index (κ1) is 10.2. The van der Waals surface area contributed by atoms with Crippen molar-refractivity contribution in [3.05, 3.63) is 29.8 Å². The number of para-hydroxylation sites is 1. The lowest BCUT2D eigenvalue weighted by Crippen LogP contribution is -2.20. The first-order valence-electron chi connectivity index (χ1n) is 6.50. The summed E-state index contributed by atoms with van der Waals surface area (Å²) >= 11 is 0. The lowest BCUT2D eigenvalue weighted by atomic mass is 9.96. The molecular formula is C14H20N2. The van der Waals surface area contributed by atoms with Crippen molar-refractivity contribution < 1.29 is 0 Å². The van der Waals surface area contributed by atoms with Gasteiger partial charge in [0.2, 0.25) is 0 Å². The van der Waals surface area contributed by atoms with Crippen molar-refractivity contribution in [3.8, 4) is 0 Å². The van der Waals surface area contributed by atoms with Crippen molar-refractivity contribution in [1.82, 2.24) is 5.32 Å². The van der Waals surface area contributed by atoms with Crippen LogP contribution in [-0.2, 0) is 0 Å². The molecule has 0 aromatic heterocycles. The van der Waals surface area contributed by atoms with E-state index in [0.717, 1.165) is 12.5 Å². The molecule has 0 radical (unpaired) electrons. The van der Waals surface area contributed by atoms with E-state index in [0.29, 0.717) is 0 Å². The Bertz CT molecular complexity index is 315. The van der Waals surface area contributed by atoms with Crippen molar-refractivity contribution in [2.75, 3.05) is 31.1 Å². The highest BCUT2D eigenvalue weighted by Gasteiger charge is 2.22. The van der Waals surface area contributed by atoms with Crippen LogP contribution in [0, 0.1) is 0 Å². The third kappa shape index (κ3) is 1.82. The normalized spacial score (nSPS) is 25.2. The van der Waals surface area contributed by atoms with Gasteiger partial charge in [0.25, 0.3) is 0 Å². The predicted molar refractivity (Wildman–Crippen MR) is 68.1 cm³/mol. The fourth-order valence-electron chi connectivity index (χ4n) is 3.00. The SMILES string of the molecule is c1ccc(N2CCCC2)c(C2CCNC2)c1. The molecule has 0 bridgehead atoms. The smallest absolute Gasteiger partial charge is 0.0402 e. The Balaban J connectivity index is 1.90. The molecular weight excluding hydrogens is 196 g/mol. The number of nitrogens with one attached hydrogen (secondary N) is 1. The summed E-state index contributed by atoms with van der Waals surface area (Å²) < 4.78 is 0. The minimum atomic E-state index is 0.733. The molecule has 16 heavy (non-hydrogen) atoms. The van der Waals surface area contributed by atoms with Crippen LogP contribution in [0.1, 0.15) is 30.7 Å². The molecule has 2 saturated heterocycles. The van der Waals surface area contributed by atoms with Crippen LogP contribution in [0.25, 0.3) is 0 Å². The molecule has 2 aliphatic rings. The standard InChI is InChI=1S/C14H20N2/c1-2-6-14(16-9-3-4-10-16)13(5-1)12-7-8-15-11-12/h1-2,5-6,12,15H,3-4,7-11H2. The first-order chi connectivity index (χ1) is 7.95. The number of nitrogens with zero attached hydrogens (tertiary/aromatic N) is 1. The topological polar surface area (TPSA) is 15.3 Å². The fourth-order valence-corrected chi connectivity index (χ4v) is 3.00. The molecule has 86 valence electrons. The molecule has 2 heterocycles. The maximum atomic E-state index is 3.47. The van der Waals surface area contributed by atoms with Gasteiger partial charge in [-0.1, -0.05) is 18.2 Å². The van der Waals surface area contributed by atoms with Gasteiger partial charge in [-0.25, -0.2) is 0 Å². The lowest BCUT2D eigenvalue weighted by Gasteiger charge is -2.23. The zero-order chi connectivity index (χ0) is 10.8. The zero-order valence-electron chi connectivity index (χ0n) is 9.78. The van der Waals surface area contributed by atoms with E-state index in [1.165, 1.54) is 44.6 Å². The van der Waals surface area contributed by atoms with Crippen LogP contribution < -0.4 is 10.2 Å². The molecule has 0 saturated carbocycles. The van der Waals surface area contributed by atoms with Crippen molar-refractivity contribution >= 4 is 5.69 Å². The highest BCUT2D eigenvalue weighted by molar-refractivity contribution is 5.56. The van der Waals surface area contributed by atoms with Gasteiger partial charge < -0.3 is 10.2 Å². The second kappa shape index (κ2) is 4.46. The Morgan fingerprint density at radius 3 is 2.69 bits per heavy atom. The zero-order valence-corrected chi connectivity index (χ0v) is 9.78. The molecule has 1 unspecified atom stereocenters. The summed E-state index contributed by atoms with van der Waals surface area (Å²) in [6, 6.07) is 9.00. The predicted octanol–water partition coefficient (Wildman–Crippen LogP) is 2.36. The molecule has 1 atom stereocenters. The van der Waals surface area contributed by atoms with Gasteiger partial charge in [-0.15, -0.1) is 0 Å². The molecule has 3 rings (SSSR count). The van der Waals surface area contributed by atoms with Crippen LogP contribution in [0.2, 0.25) is 0 Å². The maximum absolute atomic E-state index is 3.47. The molecule has 0 amide bonds. The van der Waals surface area contributed by atoms with Gasteiger partial charge in [0, 0.05) is 25.3 Å². The Kier molecular flexibility index (Phi) is 2.83. The Morgan fingerprint density at radius 1 is 1.12 bits per heavy atom. The third-order valence-electron chi connectivity index (χ3n) is 3.88. The largest absolute Gasteiger partial charge is 0.371 e. The molecule has 2 fully saturated rings. The second-order valence-electron chi connectivity index (χ2n) is 4.94. The monoisotopic (exact) mass is 216 g/mol. The summed E-state index contributed by atoms with van der Waals surface area (Å²) in [5.41, 5.74) is 3.06. The molecule has 1 aromatic carbocycles. The van der Waals surface area contributed by atoms with Crippen molar-refractivity contribution in [1.29, 1.82) is 0 Å². The van der Waals surface area contributed by atoms with E-state index in [9.17, 15) is 0 Å². The van der Waals surface area contributed by atoms with Gasteiger partial charge in [0.1, 0.15) is 0 Å². The minimum Gasteiger partial charge on any atom is -0.371 e. The van der Waals surface area contributed by atoms with Crippen LogP contribution in [0.15, 0.2) is 24.3 Å². The van der Waals surface area contributed by atoms with Gasteiger partial charge in [0.15, 0.2) is 0 Å². The average Bonchev–Trinajstić information content (AvgIpc) is 3.03. The van der Waals surface area contributed by atoms with Crippen molar-refractivity contribution in [2.45, 2.75) is 25.2 Å². The Morgan fingerprint density at radius 2 is 1.94 bits per heavy atom. The van der Waals surface area contributed by atoms with E-state index >= 15 is 0 Å². The second-order valence-corrected chi connectivity index (χ2v) is 4.94. The van der Waals surface area contributed by atoms with Crippen LogP contribution in [-0.4, -0.2) is 26.2 Å². The fraction of sp³-hybridized carbons (Fsp3) is 0.571. The molecule has 0 spiro atoms. The minimum absolute atomic E-state index is 0.733. The molecule has 1 aromatic rings. The third-order valence-corrected chi connectivity index (χ3v) is 3.88. The number of hydrogen-bond donors (Lipinski definition) is 1. The lowest BCUT2D eigenvalue weighted by molar-refractivity contribution is 0.756. The summed E-state index contributed by atoms with van der Waals surface area (Å²) in [6.07, 6.45) is 4.01. The number of benzene rings is 1. The molecule has 2 nitrogen and oxygen atoms in total. The van der Waals surface area contributed by atoms with Crippen LogP contribution in [0.5, 0.6) is 0 Å². The van der Waals surface area contributed by atoms with E-state index in [1.54, 1.807) is 5.56 Å². The summed E-state index contributed by atoms with van der Waals surface area (Å²) in [5.74, 6) is 0.733. The highest BCUT2D eigenvalue weighted by atomic mass is 15.1. The summed E-state index contributed by atoms with van der Waals surface area (Å²) in [6.45, 7) is 4.83. The van der Waals surface area contributed by atoms with E-state index in [-0.39, 0.29) is 0 Å². The first-order valence-corrected chi connectivity index (χ1v) is 6.50. The molecule has 2 aliphatic heterocycles. The quantitative estimate of drug-likeness (QED) is 0.816. The summed E-state index contributed by atoms with van der Waals surface area (Å²) in [4.78, 5) is 2.56. The number of hydrogen-bond acceptors (Lipinski definition) is 2. The average molecular weight is 216 g/mol. The van der Waals surface area contributed by atoms with Gasteiger partial charge in [-0.3, -0.25) is 0 Å².